The lowest BCUT2D eigenvalue weighted by atomic mass is 10.1. The molecule has 5 nitrogen and oxygen atoms in total. The van der Waals surface area contributed by atoms with E-state index in [4.69, 9.17) is 5.84 Å². The van der Waals surface area contributed by atoms with E-state index in [1.54, 1.807) is 0 Å². The van der Waals surface area contributed by atoms with Gasteiger partial charge in [0.2, 0.25) is 0 Å². The second-order valence-electron chi connectivity index (χ2n) is 4.21. The third kappa shape index (κ3) is 2.26. The molecule has 0 unspecified atom stereocenters. The Morgan fingerprint density at radius 1 is 1.00 bits per heavy atom. The molecule has 0 radical (unpaired) electrons. The van der Waals surface area contributed by atoms with E-state index in [1.807, 2.05) is 19.1 Å². The van der Waals surface area contributed by atoms with Gasteiger partial charge in [0, 0.05) is 11.3 Å². The zero-order chi connectivity index (χ0) is 13.1. The van der Waals surface area contributed by atoms with Crippen LogP contribution in [-0.2, 0) is 0 Å². The van der Waals surface area contributed by atoms with E-state index in [9.17, 15) is 0 Å². The largest absolute Gasteiger partial charge is 0.340 e. The summed E-state index contributed by atoms with van der Waals surface area (Å²) in [7, 11) is 0. The molecule has 0 amide bonds. The van der Waals surface area contributed by atoms with Gasteiger partial charge in [-0.05, 0) is 38.0 Å². The number of aromatic nitrogens is 2. The van der Waals surface area contributed by atoms with E-state index in [0.29, 0.717) is 5.82 Å². The van der Waals surface area contributed by atoms with Crippen molar-refractivity contribution in [3.05, 3.63) is 41.2 Å². The normalized spacial score (nSPS) is 10.2. The van der Waals surface area contributed by atoms with Crippen LogP contribution in [0.25, 0.3) is 0 Å². The average Bonchev–Trinajstić information content (AvgIpc) is 2.37. The van der Waals surface area contributed by atoms with Crippen molar-refractivity contribution in [3.63, 3.8) is 0 Å². The molecule has 2 aromatic rings. The van der Waals surface area contributed by atoms with Gasteiger partial charge >= 0.3 is 0 Å². The van der Waals surface area contributed by atoms with Gasteiger partial charge in [0.05, 0.1) is 0 Å². The van der Waals surface area contributed by atoms with Crippen molar-refractivity contribution in [3.8, 4) is 0 Å². The molecule has 0 atom stereocenters. The van der Waals surface area contributed by atoms with E-state index in [0.717, 1.165) is 17.1 Å². The number of aryl methyl sites for hydroxylation is 1. The van der Waals surface area contributed by atoms with Gasteiger partial charge in [-0.2, -0.15) is 0 Å². The highest BCUT2D eigenvalue weighted by Crippen LogP contribution is 2.25. The third-order valence-corrected chi connectivity index (χ3v) is 3.08. The fraction of sp³-hybridized carbons (Fsp3) is 0.231. The smallest absolute Gasteiger partial charge is 0.148 e. The summed E-state index contributed by atoms with van der Waals surface area (Å²) in [4.78, 5) is 8.29. The van der Waals surface area contributed by atoms with Crippen molar-refractivity contribution in [2.24, 2.45) is 5.84 Å². The van der Waals surface area contributed by atoms with E-state index < -0.39 is 0 Å². The molecule has 18 heavy (non-hydrogen) atoms. The summed E-state index contributed by atoms with van der Waals surface area (Å²) in [6, 6.07) is 6.13. The number of nitrogens with two attached hydrogens (primary N) is 1. The summed E-state index contributed by atoms with van der Waals surface area (Å²) in [6.45, 7) is 6.08. The predicted octanol–water partition coefficient (Wildman–Crippen LogP) is 2.43. The number of anilines is 3. The minimum Gasteiger partial charge on any atom is -0.340 e. The maximum Gasteiger partial charge on any atom is 0.148 e. The van der Waals surface area contributed by atoms with E-state index in [-0.39, 0.29) is 0 Å². The number of benzene rings is 1. The SMILES string of the molecule is Cc1cccc(Nc2ncnc(NN)c2C)c1C. The molecule has 0 aliphatic heterocycles. The van der Waals surface area contributed by atoms with Gasteiger partial charge in [-0.25, -0.2) is 15.8 Å². The van der Waals surface area contributed by atoms with Crippen LogP contribution in [0.2, 0.25) is 0 Å². The Hall–Kier alpha value is -2.14. The lowest BCUT2D eigenvalue weighted by Crippen LogP contribution is -2.11. The highest BCUT2D eigenvalue weighted by atomic mass is 15.3. The van der Waals surface area contributed by atoms with Gasteiger partial charge in [-0.3, -0.25) is 0 Å². The van der Waals surface area contributed by atoms with E-state index in [1.165, 1.54) is 17.5 Å². The fourth-order valence-corrected chi connectivity index (χ4v) is 1.74. The number of hydrazine groups is 1. The maximum atomic E-state index is 5.40. The summed E-state index contributed by atoms with van der Waals surface area (Å²) in [5, 5.41) is 3.31. The topological polar surface area (TPSA) is 75.9 Å². The molecule has 0 spiro atoms. The number of rotatable bonds is 3. The maximum absolute atomic E-state index is 5.40. The van der Waals surface area contributed by atoms with Crippen LogP contribution in [0.1, 0.15) is 16.7 Å². The molecule has 94 valence electrons. The molecule has 1 heterocycles. The molecule has 0 aliphatic rings. The van der Waals surface area contributed by atoms with Gasteiger partial charge in [-0.1, -0.05) is 12.1 Å². The van der Waals surface area contributed by atoms with E-state index >= 15 is 0 Å². The first-order valence-corrected chi connectivity index (χ1v) is 5.75. The van der Waals surface area contributed by atoms with Crippen LogP contribution >= 0.6 is 0 Å². The molecule has 2 rings (SSSR count). The Kier molecular flexibility index (Phi) is 3.43. The molecular weight excluding hydrogens is 226 g/mol. The minimum absolute atomic E-state index is 0.623. The molecule has 1 aromatic heterocycles. The highest BCUT2D eigenvalue weighted by molar-refractivity contribution is 5.67. The zero-order valence-corrected chi connectivity index (χ0v) is 10.8. The van der Waals surface area contributed by atoms with E-state index in [2.05, 4.69) is 40.6 Å². The third-order valence-electron chi connectivity index (χ3n) is 3.08. The first-order chi connectivity index (χ1) is 8.63. The lowest BCUT2D eigenvalue weighted by molar-refractivity contribution is 1.10. The van der Waals surface area contributed by atoms with Gasteiger partial charge in [0.15, 0.2) is 0 Å². The van der Waals surface area contributed by atoms with Crippen LogP contribution in [0, 0.1) is 20.8 Å². The Morgan fingerprint density at radius 2 is 1.72 bits per heavy atom. The van der Waals surface area contributed by atoms with Crippen molar-refractivity contribution in [2.75, 3.05) is 10.7 Å². The molecule has 1 aromatic carbocycles. The summed E-state index contributed by atoms with van der Waals surface area (Å²) >= 11 is 0. The fourth-order valence-electron chi connectivity index (χ4n) is 1.74. The molecule has 0 bridgehead atoms. The molecule has 0 fully saturated rings. The first-order valence-electron chi connectivity index (χ1n) is 5.75. The van der Waals surface area contributed by atoms with Crippen molar-refractivity contribution < 1.29 is 0 Å². The Bertz CT molecular complexity index is 565. The van der Waals surface area contributed by atoms with Crippen molar-refractivity contribution >= 4 is 17.3 Å². The Balaban J connectivity index is 2.37. The first kappa shape index (κ1) is 12.3. The molecule has 4 N–H and O–H groups in total. The minimum atomic E-state index is 0.623. The standard InChI is InChI=1S/C13H17N5/c1-8-5-4-6-11(9(8)2)17-12-10(3)13(18-14)16-7-15-12/h4-7H,14H2,1-3H3,(H2,15,16,17,18). The van der Waals surface area contributed by atoms with Crippen LogP contribution in [0.15, 0.2) is 24.5 Å². The number of hydrogen-bond donors (Lipinski definition) is 3. The van der Waals surface area contributed by atoms with Crippen LogP contribution in [0.3, 0.4) is 0 Å². The summed E-state index contributed by atoms with van der Waals surface area (Å²) in [5.41, 5.74) is 6.93. The van der Waals surface area contributed by atoms with Crippen molar-refractivity contribution in [1.82, 2.24) is 9.97 Å². The quantitative estimate of drug-likeness (QED) is 0.570. The van der Waals surface area contributed by atoms with Crippen LogP contribution in [0.5, 0.6) is 0 Å². The molecular formula is C13H17N5. The Labute approximate surface area is 106 Å². The number of nitrogens with zero attached hydrogens (tertiary/aromatic N) is 2. The second kappa shape index (κ2) is 5.01. The summed E-state index contributed by atoms with van der Waals surface area (Å²) in [6.07, 6.45) is 1.48. The van der Waals surface area contributed by atoms with Gasteiger partial charge < -0.3 is 10.7 Å². The number of nitrogen functional groups attached to an aromatic ring is 1. The second-order valence-corrected chi connectivity index (χ2v) is 4.21. The summed E-state index contributed by atoms with van der Waals surface area (Å²) in [5.74, 6) is 6.78. The van der Waals surface area contributed by atoms with Gasteiger partial charge in [0.25, 0.3) is 0 Å². The zero-order valence-electron chi connectivity index (χ0n) is 10.8. The van der Waals surface area contributed by atoms with Crippen LogP contribution < -0.4 is 16.6 Å². The monoisotopic (exact) mass is 243 g/mol. The average molecular weight is 243 g/mol. The number of nitrogens with one attached hydrogen (secondary N) is 2. The van der Waals surface area contributed by atoms with Gasteiger partial charge in [-0.15, -0.1) is 0 Å². The lowest BCUT2D eigenvalue weighted by Gasteiger charge is -2.13. The molecule has 5 heteroatoms. The summed E-state index contributed by atoms with van der Waals surface area (Å²) < 4.78 is 0. The van der Waals surface area contributed by atoms with Gasteiger partial charge in [0.1, 0.15) is 18.0 Å². The molecule has 0 saturated heterocycles. The van der Waals surface area contributed by atoms with Crippen LogP contribution in [-0.4, -0.2) is 9.97 Å². The van der Waals surface area contributed by atoms with Crippen molar-refractivity contribution in [1.29, 1.82) is 0 Å². The van der Waals surface area contributed by atoms with Crippen molar-refractivity contribution in [2.45, 2.75) is 20.8 Å². The van der Waals surface area contributed by atoms with Crippen LogP contribution in [0.4, 0.5) is 17.3 Å². The number of hydrogen-bond acceptors (Lipinski definition) is 5. The molecule has 0 aliphatic carbocycles. The molecule has 0 saturated carbocycles. The predicted molar refractivity (Wildman–Crippen MR) is 73.8 cm³/mol. The highest BCUT2D eigenvalue weighted by Gasteiger charge is 2.07. The Morgan fingerprint density at radius 3 is 2.44 bits per heavy atom.